The second-order valence-corrected chi connectivity index (χ2v) is 9.09. The Morgan fingerprint density at radius 2 is 1.68 bits per heavy atom. The molecule has 0 atom stereocenters. The molecule has 0 saturated heterocycles. The van der Waals surface area contributed by atoms with Crippen LogP contribution in [0.15, 0.2) is 65.7 Å². The summed E-state index contributed by atoms with van der Waals surface area (Å²) in [6.07, 6.45) is 1.44. The van der Waals surface area contributed by atoms with Crippen LogP contribution in [0.3, 0.4) is 0 Å². The number of nitrogens with one attached hydrogen (secondary N) is 1. The summed E-state index contributed by atoms with van der Waals surface area (Å²) in [7, 11) is -2.04. The van der Waals surface area contributed by atoms with Crippen LogP contribution >= 0.6 is 11.6 Å². The summed E-state index contributed by atoms with van der Waals surface area (Å²) in [5.41, 5.74) is 0.639. The van der Waals surface area contributed by atoms with Crippen LogP contribution in [0.25, 0.3) is 0 Å². The molecular formula is C22H24ClN3O4S. The Balaban J connectivity index is 1.87. The van der Waals surface area contributed by atoms with Gasteiger partial charge >= 0.3 is 0 Å². The lowest BCUT2D eigenvalue weighted by Gasteiger charge is -2.17. The van der Waals surface area contributed by atoms with E-state index >= 15 is 0 Å². The Hall–Kier alpha value is -2.81. The van der Waals surface area contributed by atoms with Crippen LogP contribution in [0.1, 0.15) is 24.3 Å². The predicted molar refractivity (Wildman–Crippen MR) is 121 cm³/mol. The summed E-state index contributed by atoms with van der Waals surface area (Å²) in [4.78, 5) is 13.0. The van der Waals surface area contributed by atoms with Crippen molar-refractivity contribution in [2.45, 2.75) is 18.7 Å². The first kappa shape index (κ1) is 22.9. The minimum absolute atomic E-state index is 0.0736. The first-order chi connectivity index (χ1) is 14.8. The van der Waals surface area contributed by atoms with Crippen LogP contribution in [0.4, 0.5) is 5.69 Å². The lowest BCUT2D eigenvalue weighted by molar-refractivity contribution is 0.101. The molecule has 7 nitrogen and oxygen atoms in total. The number of benzene rings is 2. The molecule has 1 amide bonds. The van der Waals surface area contributed by atoms with E-state index in [1.165, 1.54) is 21.1 Å². The van der Waals surface area contributed by atoms with Gasteiger partial charge < -0.3 is 14.6 Å². The van der Waals surface area contributed by atoms with Crippen LogP contribution in [-0.2, 0) is 17.1 Å². The number of para-hydroxylation sites is 3. The fourth-order valence-corrected chi connectivity index (χ4v) is 4.81. The van der Waals surface area contributed by atoms with E-state index in [4.69, 9.17) is 16.3 Å². The summed E-state index contributed by atoms with van der Waals surface area (Å²) in [6.45, 7) is 4.24. The number of aromatic nitrogens is 1. The lowest BCUT2D eigenvalue weighted by Crippen LogP contribution is -2.30. The van der Waals surface area contributed by atoms with Gasteiger partial charge in [-0.25, -0.2) is 8.42 Å². The molecule has 1 N–H and O–H groups in total. The second kappa shape index (κ2) is 9.55. The van der Waals surface area contributed by atoms with Gasteiger partial charge in [-0.15, -0.1) is 0 Å². The normalized spacial score (nSPS) is 11.5. The van der Waals surface area contributed by atoms with Gasteiger partial charge in [0.15, 0.2) is 5.75 Å². The maximum Gasteiger partial charge on any atom is 0.272 e. The van der Waals surface area contributed by atoms with Gasteiger partial charge in [-0.3, -0.25) is 4.79 Å². The number of hydrogen-bond acceptors (Lipinski definition) is 4. The maximum atomic E-state index is 12.9. The number of hydrogen-bond donors (Lipinski definition) is 1. The van der Waals surface area contributed by atoms with E-state index in [-0.39, 0.29) is 10.6 Å². The number of sulfonamides is 1. The molecule has 0 saturated carbocycles. The van der Waals surface area contributed by atoms with E-state index in [0.717, 1.165) is 0 Å². The number of aryl methyl sites for hydroxylation is 1. The van der Waals surface area contributed by atoms with E-state index in [2.05, 4.69) is 5.32 Å². The molecular weight excluding hydrogens is 438 g/mol. The summed E-state index contributed by atoms with van der Waals surface area (Å²) in [5.74, 6) is 0.408. The Kier molecular flexibility index (Phi) is 7.04. The zero-order valence-electron chi connectivity index (χ0n) is 17.5. The van der Waals surface area contributed by atoms with Crippen molar-refractivity contribution in [1.82, 2.24) is 8.87 Å². The summed E-state index contributed by atoms with van der Waals surface area (Å²) in [6, 6.07) is 15.3. The highest BCUT2D eigenvalue weighted by atomic mass is 35.5. The van der Waals surface area contributed by atoms with Crippen LogP contribution < -0.4 is 10.1 Å². The number of ether oxygens (including phenoxy) is 1. The van der Waals surface area contributed by atoms with Crippen molar-refractivity contribution in [3.63, 3.8) is 0 Å². The Morgan fingerprint density at radius 3 is 2.32 bits per heavy atom. The van der Waals surface area contributed by atoms with E-state index in [1.54, 1.807) is 69.4 Å². The Labute approximate surface area is 187 Å². The van der Waals surface area contributed by atoms with E-state index < -0.39 is 15.9 Å². The van der Waals surface area contributed by atoms with Crippen LogP contribution in [0.2, 0.25) is 5.02 Å². The molecule has 1 heterocycles. The van der Waals surface area contributed by atoms with Gasteiger partial charge in [0.25, 0.3) is 5.91 Å². The van der Waals surface area contributed by atoms with Crippen LogP contribution in [0.5, 0.6) is 11.5 Å². The first-order valence-corrected chi connectivity index (χ1v) is 11.6. The molecule has 164 valence electrons. The SMILES string of the molecule is CCN(CC)S(=O)(=O)c1cc(C(=O)Nc2ccccc2Oc2ccccc2Cl)n(C)c1. The molecule has 9 heteroatoms. The van der Waals surface area contributed by atoms with Crippen molar-refractivity contribution in [2.75, 3.05) is 18.4 Å². The van der Waals surface area contributed by atoms with Gasteiger partial charge in [0.1, 0.15) is 16.3 Å². The number of rotatable bonds is 8. The van der Waals surface area contributed by atoms with Gasteiger partial charge in [-0.1, -0.05) is 49.7 Å². The van der Waals surface area contributed by atoms with Crippen molar-refractivity contribution in [1.29, 1.82) is 0 Å². The summed E-state index contributed by atoms with van der Waals surface area (Å²) >= 11 is 6.17. The molecule has 3 rings (SSSR count). The van der Waals surface area contributed by atoms with Gasteiger partial charge in [0.2, 0.25) is 10.0 Å². The maximum absolute atomic E-state index is 12.9. The molecule has 0 bridgehead atoms. The van der Waals surface area contributed by atoms with Crippen molar-refractivity contribution in [3.8, 4) is 11.5 Å². The largest absolute Gasteiger partial charge is 0.454 e. The highest BCUT2D eigenvalue weighted by molar-refractivity contribution is 7.89. The second-order valence-electron chi connectivity index (χ2n) is 6.74. The zero-order valence-corrected chi connectivity index (χ0v) is 19.1. The van der Waals surface area contributed by atoms with Crippen molar-refractivity contribution in [2.24, 2.45) is 7.05 Å². The number of nitrogens with zero attached hydrogens (tertiary/aromatic N) is 2. The molecule has 0 aliphatic rings. The molecule has 2 aromatic carbocycles. The number of carbonyl (C=O) groups excluding carboxylic acids is 1. The molecule has 0 aliphatic heterocycles. The van der Waals surface area contributed by atoms with Gasteiger partial charge in [0.05, 0.1) is 10.7 Å². The molecule has 0 spiro atoms. The summed E-state index contributed by atoms with van der Waals surface area (Å²) in [5, 5.41) is 3.24. The Morgan fingerprint density at radius 1 is 1.06 bits per heavy atom. The molecule has 0 radical (unpaired) electrons. The van der Waals surface area contributed by atoms with E-state index in [9.17, 15) is 13.2 Å². The first-order valence-electron chi connectivity index (χ1n) is 9.77. The molecule has 0 unspecified atom stereocenters. The predicted octanol–water partition coefficient (Wildman–Crippen LogP) is 4.75. The third-order valence-corrected chi connectivity index (χ3v) is 7.07. The lowest BCUT2D eigenvalue weighted by atomic mass is 10.2. The fourth-order valence-electron chi connectivity index (χ4n) is 3.10. The van der Waals surface area contributed by atoms with Gasteiger partial charge in [-0.2, -0.15) is 4.31 Å². The number of carbonyl (C=O) groups is 1. The molecule has 0 aliphatic carbocycles. The smallest absolute Gasteiger partial charge is 0.272 e. The van der Waals surface area contributed by atoms with Crippen molar-refractivity contribution in [3.05, 3.63) is 71.5 Å². The number of anilines is 1. The fraction of sp³-hybridized carbons (Fsp3) is 0.227. The van der Waals surface area contributed by atoms with Crippen molar-refractivity contribution >= 4 is 33.2 Å². The third-order valence-electron chi connectivity index (χ3n) is 4.75. The minimum atomic E-state index is -3.67. The average molecular weight is 462 g/mol. The van der Waals surface area contributed by atoms with Crippen molar-refractivity contribution < 1.29 is 17.9 Å². The average Bonchev–Trinajstić information content (AvgIpc) is 3.14. The monoisotopic (exact) mass is 461 g/mol. The molecule has 0 fully saturated rings. The summed E-state index contributed by atoms with van der Waals surface area (Å²) < 4.78 is 34.3. The minimum Gasteiger partial charge on any atom is -0.454 e. The Bertz CT molecular complexity index is 1190. The topological polar surface area (TPSA) is 80.6 Å². The van der Waals surface area contributed by atoms with Crippen LogP contribution in [0, 0.1) is 0 Å². The van der Waals surface area contributed by atoms with Gasteiger partial charge in [-0.05, 0) is 30.3 Å². The van der Waals surface area contributed by atoms with Gasteiger partial charge in [0, 0.05) is 26.3 Å². The number of halogens is 1. The number of amides is 1. The van der Waals surface area contributed by atoms with E-state index in [1.807, 2.05) is 0 Å². The van der Waals surface area contributed by atoms with E-state index in [0.29, 0.717) is 35.3 Å². The third kappa shape index (κ3) is 4.92. The quantitative estimate of drug-likeness (QED) is 0.524. The standard InChI is InChI=1S/C22H24ClN3O4S/c1-4-26(5-2)31(28,29)16-14-19(25(3)15-16)22(27)24-18-11-7-9-13-21(18)30-20-12-8-6-10-17(20)23/h6-15H,4-5H2,1-3H3,(H,24,27). The molecule has 3 aromatic rings. The molecule has 31 heavy (non-hydrogen) atoms. The highest BCUT2D eigenvalue weighted by Gasteiger charge is 2.25. The van der Waals surface area contributed by atoms with Crippen LogP contribution in [-0.4, -0.2) is 36.3 Å². The zero-order chi connectivity index (χ0) is 22.6. The molecule has 1 aromatic heterocycles. The highest BCUT2D eigenvalue weighted by Crippen LogP contribution is 2.33.